The predicted octanol–water partition coefficient (Wildman–Crippen LogP) is 3.98. The summed E-state index contributed by atoms with van der Waals surface area (Å²) in [5, 5.41) is 31.6. The maximum absolute atomic E-state index is 13.5. The first-order valence-corrected chi connectivity index (χ1v) is 10.9. The summed E-state index contributed by atoms with van der Waals surface area (Å²) in [5.41, 5.74) is 3.72. The van der Waals surface area contributed by atoms with Gasteiger partial charge in [0.15, 0.2) is 0 Å². The van der Waals surface area contributed by atoms with Crippen LogP contribution in [-0.2, 0) is 4.74 Å². The third-order valence-corrected chi connectivity index (χ3v) is 5.67. The molecule has 4 N–H and O–H groups in total. The van der Waals surface area contributed by atoms with Gasteiger partial charge in [0.1, 0.15) is 11.6 Å². The second-order valence-electron chi connectivity index (χ2n) is 8.34. The molecule has 176 valence electrons. The van der Waals surface area contributed by atoms with Gasteiger partial charge in [-0.3, -0.25) is 4.79 Å². The second kappa shape index (κ2) is 9.48. The van der Waals surface area contributed by atoms with E-state index in [0.29, 0.717) is 54.5 Å². The Hall–Kier alpha value is -3.98. The van der Waals surface area contributed by atoms with Crippen LogP contribution in [0.1, 0.15) is 34.0 Å². The minimum absolute atomic E-state index is 0.0488. The highest BCUT2D eigenvalue weighted by atomic mass is 16.5. The van der Waals surface area contributed by atoms with Gasteiger partial charge in [0.05, 0.1) is 24.3 Å². The number of hydrogen-bond acceptors (Lipinski definition) is 8. The van der Waals surface area contributed by atoms with E-state index >= 15 is 0 Å². The molecule has 1 aromatic carbocycles. The summed E-state index contributed by atoms with van der Waals surface area (Å²) in [5.74, 6) is -0.0505. The Bertz CT molecular complexity index is 1310. The molecule has 0 bridgehead atoms. The molecule has 1 saturated heterocycles. The van der Waals surface area contributed by atoms with E-state index in [2.05, 4.69) is 15.3 Å². The monoisotopic (exact) mass is 461 g/mol. The van der Waals surface area contributed by atoms with Crippen molar-refractivity contribution >= 4 is 39.8 Å². The smallest absolute Gasteiger partial charge is 0.259 e. The molecule has 3 aromatic rings. The van der Waals surface area contributed by atoms with Crippen molar-refractivity contribution < 1.29 is 19.7 Å². The fraction of sp³-hybridized carbons (Fsp3) is 0.280. The number of nitrogens with zero attached hydrogens (tertiary/aromatic N) is 3. The molecular formula is C25H27N5O4. The van der Waals surface area contributed by atoms with Crippen LogP contribution in [0.2, 0.25) is 0 Å². The lowest BCUT2D eigenvalue weighted by Crippen LogP contribution is -2.38. The number of aliphatic hydroxyl groups excluding tert-OH is 1. The molecule has 1 aliphatic heterocycles. The number of aryl methyl sites for hydroxylation is 2. The van der Waals surface area contributed by atoms with Gasteiger partial charge in [-0.2, -0.15) is 0 Å². The molecule has 3 heterocycles. The van der Waals surface area contributed by atoms with Gasteiger partial charge >= 0.3 is 0 Å². The molecule has 0 radical (unpaired) electrons. The molecule has 34 heavy (non-hydrogen) atoms. The molecule has 1 amide bonds. The topological polar surface area (TPSA) is 132 Å². The van der Waals surface area contributed by atoms with Crippen LogP contribution in [0.5, 0.6) is 5.88 Å². The third-order valence-electron chi connectivity index (χ3n) is 5.67. The summed E-state index contributed by atoms with van der Waals surface area (Å²) in [7, 11) is 0. The van der Waals surface area contributed by atoms with Crippen molar-refractivity contribution in [3.8, 4) is 5.88 Å². The van der Waals surface area contributed by atoms with Crippen LogP contribution in [0.3, 0.4) is 0 Å². The summed E-state index contributed by atoms with van der Waals surface area (Å²) in [6.45, 7) is 7.54. The van der Waals surface area contributed by atoms with Crippen molar-refractivity contribution in [3.05, 3.63) is 58.8 Å². The number of carbonyl (C=O) groups is 1. The minimum atomic E-state index is -0.373. The molecule has 0 aliphatic carbocycles. The largest absolute Gasteiger partial charge is 0.507 e. The number of anilines is 2. The number of aromatic nitrogens is 2. The van der Waals surface area contributed by atoms with Crippen LogP contribution in [0, 0.1) is 19.3 Å². The van der Waals surface area contributed by atoms with E-state index in [1.54, 1.807) is 19.1 Å². The van der Waals surface area contributed by atoms with Gasteiger partial charge in [-0.1, -0.05) is 0 Å². The van der Waals surface area contributed by atoms with Crippen LogP contribution >= 0.6 is 0 Å². The number of ether oxygens (including phenoxy) is 1. The molecule has 0 spiro atoms. The standard InChI is InChI=1S/C25H27N5O4/c1-14-9-23(32)28-21-8-15(2)20(12-18(14)21)29-25(33)19-11-17(22(31)10-16(3)26)13-27-24(19)30-4-6-34-7-5-30/h8-13,26,31H,4-7H2,1-3H3,(H,28,32)(H,29,33)/b22-10-,26-16?. The van der Waals surface area contributed by atoms with Crippen LogP contribution < -0.4 is 10.2 Å². The number of rotatable bonds is 5. The summed E-state index contributed by atoms with van der Waals surface area (Å²) in [6, 6.07) is 6.82. The fourth-order valence-electron chi connectivity index (χ4n) is 3.93. The number of amides is 1. The summed E-state index contributed by atoms with van der Waals surface area (Å²) < 4.78 is 5.43. The van der Waals surface area contributed by atoms with Gasteiger partial charge in [0, 0.05) is 53.8 Å². The molecule has 9 heteroatoms. The predicted molar refractivity (Wildman–Crippen MR) is 132 cm³/mol. The molecule has 0 unspecified atom stereocenters. The maximum atomic E-state index is 13.5. The van der Waals surface area contributed by atoms with E-state index in [9.17, 15) is 15.0 Å². The van der Waals surface area contributed by atoms with Crippen molar-refractivity contribution in [1.82, 2.24) is 9.97 Å². The molecule has 9 nitrogen and oxygen atoms in total. The van der Waals surface area contributed by atoms with E-state index < -0.39 is 0 Å². The normalized spacial score (nSPS) is 14.3. The van der Waals surface area contributed by atoms with E-state index in [4.69, 9.17) is 10.1 Å². The zero-order valence-corrected chi connectivity index (χ0v) is 19.3. The molecule has 0 atom stereocenters. The number of carbonyl (C=O) groups excluding carboxylic acids is 1. The maximum Gasteiger partial charge on any atom is 0.259 e. The van der Waals surface area contributed by atoms with Gasteiger partial charge in [0.2, 0.25) is 5.88 Å². The number of aromatic hydroxyl groups is 1. The van der Waals surface area contributed by atoms with E-state index in [-0.39, 0.29) is 23.3 Å². The average molecular weight is 462 g/mol. The Morgan fingerprint density at radius 3 is 2.62 bits per heavy atom. The van der Waals surface area contributed by atoms with Crippen LogP contribution in [0.4, 0.5) is 11.5 Å². The van der Waals surface area contributed by atoms with Gasteiger partial charge < -0.3 is 30.6 Å². The molecule has 1 fully saturated rings. The zero-order chi connectivity index (χ0) is 24.4. The number of benzene rings is 1. The van der Waals surface area contributed by atoms with Crippen molar-refractivity contribution in [1.29, 1.82) is 5.41 Å². The van der Waals surface area contributed by atoms with Gasteiger partial charge in [0.25, 0.3) is 5.91 Å². The van der Waals surface area contributed by atoms with Gasteiger partial charge in [-0.15, -0.1) is 0 Å². The number of fused-ring (bicyclic) bond motifs is 1. The Labute approximate surface area is 197 Å². The molecule has 4 rings (SSSR count). The van der Waals surface area contributed by atoms with Crippen LogP contribution in [-0.4, -0.2) is 58.1 Å². The van der Waals surface area contributed by atoms with Gasteiger partial charge in [-0.05, 0) is 50.1 Å². The fourth-order valence-corrected chi connectivity index (χ4v) is 3.93. The Morgan fingerprint density at radius 2 is 1.91 bits per heavy atom. The quantitative estimate of drug-likeness (QED) is 0.334. The summed E-state index contributed by atoms with van der Waals surface area (Å²) in [4.78, 5) is 24.1. The first-order valence-electron chi connectivity index (χ1n) is 10.9. The Morgan fingerprint density at radius 1 is 1.18 bits per heavy atom. The average Bonchev–Trinajstić information content (AvgIpc) is 2.79. The molecule has 0 saturated carbocycles. The first-order chi connectivity index (χ1) is 16.2. The Balaban J connectivity index is 1.75. The van der Waals surface area contributed by atoms with E-state index in [0.717, 1.165) is 16.5 Å². The summed E-state index contributed by atoms with van der Waals surface area (Å²) in [6.07, 6.45) is 2.81. The Kier molecular flexibility index (Phi) is 6.47. The number of pyridine rings is 2. The number of allylic oxidation sites excluding steroid dienone is 1. The van der Waals surface area contributed by atoms with E-state index in [1.165, 1.54) is 12.3 Å². The van der Waals surface area contributed by atoms with Crippen molar-refractivity contribution in [2.24, 2.45) is 0 Å². The highest BCUT2D eigenvalue weighted by molar-refractivity contribution is 6.09. The van der Waals surface area contributed by atoms with Crippen molar-refractivity contribution in [2.75, 3.05) is 36.5 Å². The lowest BCUT2D eigenvalue weighted by molar-refractivity contribution is 0.102. The highest BCUT2D eigenvalue weighted by Gasteiger charge is 2.22. The van der Waals surface area contributed by atoms with Gasteiger partial charge in [-0.25, -0.2) is 9.97 Å². The van der Waals surface area contributed by atoms with Crippen molar-refractivity contribution in [3.63, 3.8) is 0 Å². The first kappa shape index (κ1) is 23.2. The van der Waals surface area contributed by atoms with E-state index in [1.807, 2.05) is 30.9 Å². The molecular weight excluding hydrogens is 434 g/mol. The highest BCUT2D eigenvalue weighted by Crippen LogP contribution is 2.29. The lowest BCUT2D eigenvalue weighted by Gasteiger charge is -2.29. The SMILES string of the molecule is CC(=N)/C=C(\O)c1cnc(N2CCOCC2)c(C(=O)Nc2cc3c(C)cc(O)nc3cc2C)c1. The van der Waals surface area contributed by atoms with Crippen LogP contribution in [0.25, 0.3) is 16.7 Å². The summed E-state index contributed by atoms with van der Waals surface area (Å²) >= 11 is 0. The minimum Gasteiger partial charge on any atom is -0.507 e. The number of nitrogens with one attached hydrogen (secondary N) is 2. The third kappa shape index (κ3) is 4.84. The second-order valence-corrected chi connectivity index (χ2v) is 8.34. The number of aliphatic hydroxyl groups is 1. The molecule has 1 aliphatic rings. The van der Waals surface area contributed by atoms with Crippen LogP contribution in [0.15, 0.2) is 36.5 Å². The number of hydrogen-bond donors (Lipinski definition) is 4. The molecule has 2 aromatic heterocycles. The number of morpholine rings is 1. The van der Waals surface area contributed by atoms with Crippen molar-refractivity contribution in [2.45, 2.75) is 20.8 Å². The lowest BCUT2D eigenvalue weighted by atomic mass is 10.0. The zero-order valence-electron chi connectivity index (χ0n) is 19.3.